The van der Waals surface area contributed by atoms with Crippen LogP contribution in [-0.4, -0.2) is 33.5 Å². The van der Waals surface area contributed by atoms with Crippen molar-refractivity contribution in [3.05, 3.63) is 0 Å². The molecule has 0 heterocycles. The van der Waals surface area contributed by atoms with Gasteiger partial charge in [-0.15, -0.1) is 0 Å². The molecule has 0 aromatic heterocycles. The summed E-state index contributed by atoms with van der Waals surface area (Å²) in [4.78, 5) is 11.1. The first-order valence-corrected chi connectivity index (χ1v) is 12.2. The van der Waals surface area contributed by atoms with Gasteiger partial charge in [0.25, 0.3) is 0 Å². The molecular formula is C25H42O4. The Morgan fingerprint density at radius 1 is 1.07 bits per heavy atom. The van der Waals surface area contributed by atoms with Gasteiger partial charge in [0.2, 0.25) is 0 Å². The third-order valence-corrected chi connectivity index (χ3v) is 10.7. The van der Waals surface area contributed by atoms with Crippen LogP contribution in [0.1, 0.15) is 85.5 Å². The van der Waals surface area contributed by atoms with Crippen LogP contribution < -0.4 is 0 Å². The Hall–Kier alpha value is -0.610. The van der Waals surface area contributed by atoms with Crippen molar-refractivity contribution in [1.82, 2.24) is 0 Å². The lowest BCUT2D eigenvalue weighted by Gasteiger charge is -2.64. The van der Waals surface area contributed by atoms with Crippen molar-refractivity contribution in [2.75, 3.05) is 0 Å². The molecule has 1 unspecified atom stereocenters. The molecule has 0 radical (unpaired) electrons. The van der Waals surface area contributed by atoms with E-state index in [0.717, 1.165) is 38.5 Å². The molecule has 4 nitrogen and oxygen atoms in total. The summed E-state index contributed by atoms with van der Waals surface area (Å²) in [6.45, 7) is 9.44. The van der Waals surface area contributed by atoms with Crippen molar-refractivity contribution in [3.8, 4) is 0 Å². The molecule has 0 aliphatic heterocycles. The summed E-state index contributed by atoms with van der Waals surface area (Å²) in [7, 11) is 0. The maximum absolute atomic E-state index is 11.6. The van der Waals surface area contributed by atoms with Gasteiger partial charge in [-0.05, 0) is 104 Å². The van der Waals surface area contributed by atoms with Crippen molar-refractivity contribution in [1.29, 1.82) is 0 Å². The molecule has 0 bridgehead atoms. The zero-order valence-corrected chi connectivity index (χ0v) is 18.8. The number of carbonyl (C=O) groups is 1. The van der Waals surface area contributed by atoms with Crippen LogP contribution in [0.4, 0.5) is 0 Å². The number of carboxylic acids is 1. The van der Waals surface area contributed by atoms with Gasteiger partial charge < -0.3 is 15.3 Å². The van der Waals surface area contributed by atoms with Crippen LogP contribution in [0.3, 0.4) is 0 Å². The van der Waals surface area contributed by atoms with E-state index in [9.17, 15) is 15.0 Å². The van der Waals surface area contributed by atoms with Crippen LogP contribution in [-0.2, 0) is 4.79 Å². The minimum absolute atomic E-state index is 0.0786. The van der Waals surface area contributed by atoms with E-state index in [0.29, 0.717) is 41.4 Å². The molecule has 4 saturated carbocycles. The van der Waals surface area contributed by atoms with Gasteiger partial charge >= 0.3 is 5.97 Å². The monoisotopic (exact) mass is 406 g/mol. The fraction of sp³-hybridized carbons (Fsp3) is 0.960. The van der Waals surface area contributed by atoms with Gasteiger partial charge in [-0.25, -0.2) is 0 Å². The minimum Gasteiger partial charge on any atom is -0.481 e. The van der Waals surface area contributed by atoms with Crippen LogP contribution in [0.2, 0.25) is 0 Å². The molecule has 4 heteroatoms. The van der Waals surface area contributed by atoms with Gasteiger partial charge in [0.05, 0.1) is 12.2 Å². The van der Waals surface area contributed by atoms with E-state index in [2.05, 4.69) is 27.7 Å². The van der Waals surface area contributed by atoms with Gasteiger partial charge in [0.15, 0.2) is 0 Å². The van der Waals surface area contributed by atoms with Gasteiger partial charge in [0.1, 0.15) is 0 Å². The number of aliphatic hydroxyl groups excluding tert-OH is 2. The van der Waals surface area contributed by atoms with Crippen LogP contribution in [0.15, 0.2) is 0 Å². The molecule has 3 N–H and O–H groups in total. The smallest absolute Gasteiger partial charge is 0.303 e. The Kier molecular flexibility index (Phi) is 5.60. The average Bonchev–Trinajstić information content (AvgIpc) is 3.01. The Labute approximate surface area is 176 Å². The first-order chi connectivity index (χ1) is 13.6. The fourth-order valence-corrected chi connectivity index (χ4v) is 9.10. The molecule has 4 rings (SSSR count). The molecule has 4 fully saturated rings. The van der Waals surface area contributed by atoms with Gasteiger partial charge in [-0.1, -0.05) is 27.7 Å². The summed E-state index contributed by atoms with van der Waals surface area (Å²) in [6, 6.07) is 0. The third-order valence-electron chi connectivity index (χ3n) is 10.7. The lowest BCUT2D eigenvalue weighted by Crippen LogP contribution is -2.60. The number of hydrogen-bond acceptors (Lipinski definition) is 3. The Balaban J connectivity index is 1.61. The highest BCUT2D eigenvalue weighted by Gasteiger charge is 2.65. The molecular weight excluding hydrogens is 364 g/mol. The molecule has 4 aliphatic rings. The third kappa shape index (κ3) is 3.28. The lowest BCUT2D eigenvalue weighted by atomic mass is 9.42. The summed E-state index contributed by atoms with van der Waals surface area (Å²) in [5.74, 6) is 3.07. The van der Waals surface area contributed by atoms with Crippen LogP contribution in [0.25, 0.3) is 0 Å². The highest BCUT2D eigenvalue weighted by molar-refractivity contribution is 5.66. The highest BCUT2D eigenvalue weighted by Crippen LogP contribution is 2.69. The predicted molar refractivity (Wildman–Crippen MR) is 113 cm³/mol. The maximum Gasteiger partial charge on any atom is 0.303 e. The normalized spacial score (nSPS) is 52.9. The van der Waals surface area contributed by atoms with E-state index < -0.39 is 5.97 Å². The molecule has 0 saturated heterocycles. The fourth-order valence-electron chi connectivity index (χ4n) is 9.10. The number of rotatable bonds is 4. The van der Waals surface area contributed by atoms with E-state index in [4.69, 9.17) is 5.11 Å². The van der Waals surface area contributed by atoms with E-state index in [1.165, 1.54) is 12.8 Å². The van der Waals surface area contributed by atoms with Crippen molar-refractivity contribution < 1.29 is 20.1 Å². The molecule has 0 spiro atoms. The van der Waals surface area contributed by atoms with Crippen LogP contribution in [0, 0.1) is 52.3 Å². The number of aliphatic hydroxyl groups is 2. The summed E-state index contributed by atoms with van der Waals surface area (Å²) in [6.07, 6.45) is 7.91. The molecule has 0 aromatic carbocycles. The van der Waals surface area contributed by atoms with Crippen LogP contribution in [0.5, 0.6) is 0 Å². The second-order valence-corrected chi connectivity index (χ2v) is 11.8. The molecule has 11 atom stereocenters. The second-order valence-electron chi connectivity index (χ2n) is 11.8. The molecule has 29 heavy (non-hydrogen) atoms. The van der Waals surface area contributed by atoms with E-state index in [1.807, 2.05) is 0 Å². The topological polar surface area (TPSA) is 77.8 Å². The van der Waals surface area contributed by atoms with E-state index >= 15 is 0 Å². The van der Waals surface area contributed by atoms with Crippen LogP contribution >= 0.6 is 0 Å². The van der Waals surface area contributed by atoms with Gasteiger partial charge in [-0.2, -0.15) is 0 Å². The first-order valence-electron chi connectivity index (χ1n) is 12.2. The summed E-state index contributed by atoms with van der Waals surface area (Å²) < 4.78 is 0. The Bertz CT molecular complexity index is 634. The number of fused-ring (bicyclic) bond motifs is 5. The Morgan fingerprint density at radius 2 is 1.79 bits per heavy atom. The van der Waals surface area contributed by atoms with Gasteiger partial charge in [-0.3, -0.25) is 4.79 Å². The van der Waals surface area contributed by atoms with Gasteiger partial charge in [0, 0.05) is 6.42 Å². The van der Waals surface area contributed by atoms with E-state index in [-0.39, 0.29) is 29.5 Å². The predicted octanol–water partition coefficient (Wildman–Crippen LogP) is 4.72. The van der Waals surface area contributed by atoms with E-state index in [1.54, 1.807) is 0 Å². The van der Waals surface area contributed by atoms with Crippen molar-refractivity contribution >= 4 is 5.97 Å². The lowest BCUT2D eigenvalue weighted by molar-refractivity contribution is -0.190. The zero-order chi connectivity index (χ0) is 21.1. The molecule has 166 valence electrons. The minimum atomic E-state index is -0.708. The van der Waals surface area contributed by atoms with Crippen molar-refractivity contribution in [2.24, 2.45) is 52.3 Å². The Morgan fingerprint density at radius 3 is 2.48 bits per heavy atom. The summed E-state index contributed by atoms with van der Waals surface area (Å²) in [5, 5.41) is 31.0. The maximum atomic E-state index is 11.6. The number of aliphatic carboxylic acids is 1. The summed E-state index contributed by atoms with van der Waals surface area (Å²) in [5.41, 5.74) is 0.177. The quantitative estimate of drug-likeness (QED) is 0.631. The van der Waals surface area contributed by atoms with Crippen molar-refractivity contribution in [2.45, 2.75) is 97.7 Å². The summed E-state index contributed by atoms with van der Waals surface area (Å²) >= 11 is 0. The highest BCUT2D eigenvalue weighted by atomic mass is 16.4. The SMILES string of the molecule is CC1C[C@@H]2C[C@H](O)CC[C@]2(C)[C@H]2C[C@H](O)[C@]3(C)[C@@H]([C@@H](C)CCC(=O)O)CC[C@H]3[C@H]12. The molecule has 0 amide bonds. The molecule has 4 aliphatic carbocycles. The number of hydrogen-bond donors (Lipinski definition) is 3. The second kappa shape index (κ2) is 7.51. The largest absolute Gasteiger partial charge is 0.481 e. The average molecular weight is 407 g/mol. The standard InChI is InChI=1S/C25H42O4/c1-14(5-8-22(28)29)18-6-7-19-23-15(2)11-16-12-17(26)9-10-24(16,3)20(23)13-21(27)25(18,19)4/h14-21,23,26-27H,5-13H2,1-4H3,(H,28,29)/t14-,15?,16+,17+,18+,19-,20-,21-,23-,24-,25+/m0/s1. The molecule has 0 aromatic rings. The van der Waals surface area contributed by atoms with Crippen molar-refractivity contribution in [3.63, 3.8) is 0 Å². The number of carboxylic acid groups (broad SMARTS) is 1. The first kappa shape index (κ1) is 21.6. The zero-order valence-electron chi connectivity index (χ0n) is 18.8.